The normalized spacial score (nSPS) is 17.7. The number of aryl methyl sites for hydroxylation is 2. The summed E-state index contributed by atoms with van der Waals surface area (Å²) in [6.45, 7) is 1.91. The van der Waals surface area contributed by atoms with Crippen molar-refractivity contribution >= 4 is 39.7 Å². The monoisotopic (exact) mass is 474 g/mol. The fourth-order valence-electron chi connectivity index (χ4n) is 4.67. The van der Waals surface area contributed by atoms with E-state index in [-0.39, 0.29) is 11.3 Å². The van der Waals surface area contributed by atoms with Crippen molar-refractivity contribution in [3.05, 3.63) is 99.1 Å². The molecule has 2 aromatic carbocycles. The van der Waals surface area contributed by atoms with E-state index in [1.165, 1.54) is 34.4 Å². The van der Waals surface area contributed by atoms with Crippen LogP contribution < -0.4 is 0 Å². The maximum Gasteiger partial charge on any atom is 0.295 e. The number of halogens is 1. The summed E-state index contributed by atoms with van der Waals surface area (Å²) in [4.78, 5) is 28.6. The van der Waals surface area contributed by atoms with Gasteiger partial charge in [0.05, 0.1) is 11.6 Å². The Morgan fingerprint density at radius 2 is 1.91 bits per heavy atom. The third-order valence-electron chi connectivity index (χ3n) is 6.39. The highest BCUT2D eigenvalue weighted by Gasteiger charge is 2.46. The highest BCUT2D eigenvalue weighted by atomic mass is 32.1. The number of fused-ring (bicyclic) bond motifs is 1. The van der Waals surface area contributed by atoms with E-state index in [1.54, 1.807) is 6.92 Å². The molecule has 4 aromatic rings. The molecule has 1 aliphatic rings. The highest BCUT2D eigenvalue weighted by Crippen LogP contribution is 2.41. The first-order valence-electron chi connectivity index (χ1n) is 11.0. The van der Waals surface area contributed by atoms with Crippen LogP contribution in [0.25, 0.3) is 16.7 Å². The molecule has 0 bridgehead atoms. The maximum absolute atomic E-state index is 13.8. The number of aromatic nitrogens is 1. The molecule has 1 atom stereocenters. The molecule has 0 saturated carbocycles. The molecular weight excluding hydrogens is 451 g/mol. The topological polar surface area (TPSA) is 62.5 Å². The predicted molar refractivity (Wildman–Crippen MR) is 131 cm³/mol. The SMILES string of the molecule is Cc1cc(/C(O)=C2/C(=O)C(=O)N(CCc3cn(C)c4ccccc34)C2c2cccs2)ccc1F. The van der Waals surface area contributed by atoms with Crippen LogP contribution in [-0.4, -0.2) is 32.8 Å². The number of hydrogen-bond acceptors (Lipinski definition) is 4. The number of aliphatic hydroxyl groups is 1. The fourth-order valence-corrected chi connectivity index (χ4v) is 5.51. The van der Waals surface area contributed by atoms with Gasteiger partial charge in [0.15, 0.2) is 0 Å². The van der Waals surface area contributed by atoms with Crippen LogP contribution in [0.3, 0.4) is 0 Å². The molecule has 2 aromatic heterocycles. The van der Waals surface area contributed by atoms with Crippen molar-refractivity contribution in [2.45, 2.75) is 19.4 Å². The first-order chi connectivity index (χ1) is 16.4. The number of para-hydroxylation sites is 1. The van der Waals surface area contributed by atoms with Crippen molar-refractivity contribution in [1.82, 2.24) is 9.47 Å². The van der Waals surface area contributed by atoms with Gasteiger partial charge in [0.1, 0.15) is 11.6 Å². The Bertz CT molecular complexity index is 1450. The maximum atomic E-state index is 13.8. The lowest BCUT2D eigenvalue weighted by atomic mass is 9.99. The molecule has 1 saturated heterocycles. The van der Waals surface area contributed by atoms with Gasteiger partial charge in [-0.15, -0.1) is 11.3 Å². The Kier molecular flexibility index (Phi) is 5.57. The number of nitrogens with zero attached hydrogens (tertiary/aromatic N) is 2. The van der Waals surface area contributed by atoms with Crippen molar-refractivity contribution < 1.29 is 19.1 Å². The fraction of sp³-hybridized carbons (Fsp3) is 0.185. The summed E-state index contributed by atoms with van der Waals surface area (Å²) in [6, 6.07) is 15.2. The summed E-state index contributed by atoms with van der Waals surface area (Å²) in [6.07, 6.45) is 2.61. The first kappa shape index (κ1) is 22.1. The molecule has 3 heterocycles. The smallest absolute Gasteiger partial charge is 0.295 e. The zero-order valence-electron chi connectivity index (χ0n) is 18.8. The largest absolute Gasteiger partial charge is 0.507 e. The lowest BCUT2D eigenvalue weighted by Gasteiger charge is -2.24. The third kappa shape index (κ3) is 3.62. The minimum atomic E-state index is -0.726. The number of hydrogen-bond donors (Lipinski definition) is 1. The van der Waals surface area contributed by atoms with E-state index >= 15 is 0 Å². The molecule has 1 aliphatic heterocycles. The Hall–Kier alpha value is -3.71. The summed E-state index contributed by atoms with van der Waals surface area (Å²) in [5.41, 5.74) is 2.88. The van der Waals surface area contributed by atoms with Gasteiger partial charge in [-0.3, -0.25) is 9.59 Å². The Balaban J connectivity index is 1.55. The van der Waals surface area contributed by atoms with Crippen LogP contribution in [0.15, 0.2) is 71.7 Å². The standard InChI is InChI=1S/C27H23FN2O3S/c1-16-14-17(9-10-20(16)28)25(31)23-24(22-8-5-13-34-22)30(27(33)26(23)32)12-11-18-15-29(2)21-7-4-3-6-19(18)21/h3-10,13-15,24,31H,11-12H2,1-2H3/b25-23-. The number of benzene rings is 2. The number of aliphatic hydroxyl groups excluding tert-OH is 1. The van der Waals surface area contributed by atoms with Crippen molar-refractivity contribution in [2.75, 3.05) is 6.54 Å². The van der Waals surface area contributed by atoms with Crippen LogP contribution in [0, 0.1) is 12.7 Å². The molecule has 5 nitrogen and oxygen atoms in total. The van der Waals surface area contributed by atoms with Gasteiger partial charge in [0, 0.05) is 41.1 Å². The van der Waals surface area contributed by atoms with E-state index < -0.39 is 23.5 Å². The number of Topliss-reactive ketones (excluding diaryl/α,β-unsaturated/α-hetero) is 1. The lowest BCUT2D eigenvalue weighted by Crippen LogP contribution is -2.31. The van der Waals surface area contributed by atoms with E-state index in [1.807, 2.05) is 59.6 Å². The van der Waals surface area contributed by atoms with Crippen LogP contribution in [0.5, 0.6) is 0 Å². The van der Waals surface area contributed by atoms with Crippen molar-refractivity contribution in [2.24, 2.45) is 7.05 Å². The molecule has 0 spiro atoms. The average Bonchev–Trinajstić information content (AvgIpc) is 3.53. The molecule has 0 aliphatic carbocycles. The van der Waals surface area contributed by atoms with E-state index in [4.69, 9.17) is 0 Å². The van der Waals surface area contributed by atoms with Crippen LogP contribution in [0.1, 0.15) is 27.6 Å². The van der Waals surface area contributed by atoms with Crippen LogP contribution in [0.4, 0.5) is 4.39 Å². The molecule has 34 heavy (non-hydrogen) atoms. The minimum Gasteiger partial charge on any atom is -0.507 e. The Morgan fingerprint density at radius 3 is 2.65 bits per heavy atom. The van der Waals surface area contributed by atoms with Gasteiger partial charge in [-0.25, -0.2) is 4.39 Å². The van der Waals surface area contributed by atoms with E-state index in [0.29, 0.717) is 24.1 Å². The van der Waals surface area contributed by atoms with Crippen molar-refractivity contribution in [3.63, 3.8) is 0 Å². The number of ketones is 1. The molecule has 172 valence electrons. The molecule has 1 N–H and O–H groups in total. The van der Waals surface area contributed by atoms with E-state index in [0.717, 1.165) is 21.3 Å². The molecule has 0 radical (unpaired) electrons. The second-order valence-corrected chi connectivity index (χ2v) is 9.48. The molecule has 1 amide bonds. The van der Waals surface area contributed by atoms with Gasteiger partial charge in [0.25, 0.3) is 11.7 Å². The number of likely N-dealkylation sites (tertiary alicyclic amines) is 1. The van der Waals surface area contributed by atoms with Gasteiger partial charge >= 0.3 is 0 Å². The van der Waals surface area contributed by atoms with Crippen molar-refractivity contribution in [1.29, 1.82) is 0 Å². The second-order valence-electron chi connectivity index (χ2n) is 8.50. The number of amides is 1. The van der Waals surface area contributed by atoms with Crippen molar-refractivity contribution in [3.8, 4) is 0 Å². The van der Waals surface area contributed by atoms with Gasteiger partial charge in [0.2, 0.25) is 0 Å². The van der Waals surface area contributed by atoms with E-state index in [9.17, 15) is 19.1 Å². The van der Waals surface area contributed by atoms with Gasteiger partial charge in [-0.05, 0) is 60.2 Å². The van der Waals surface area contributed by atoms with E-state index in [2.05, 4.69) is 0 Å². The lowest BCUT2D eigenvalue weighted by molar-refractivity contribution is -0.139. The van der Waals surface area contributed by atoms with Crippen LogP contribution in [0.2, 0.25) is 0 Å². The van der Waals surface area contributed by atoms with Crippen LogP contribution in [-0.2, 0) is 23.1 Å². The molecule has 1 unspecified atom stereocenters. The number of carbonyl (C=O) groups excluding carboxylic acids is 2. The minimum absolute atomic E-state index is 0.0383. The second kappa shape index (κ2) is 8.57. The summed E-state index contributed by atoms with van der Waals surface area (Å²) in [5, 5.41) is 14.1. The highest BCUT2D eigenvalue weighted by molar-refractivity contribution is 7.10. The third-order valence-corrected chi connectivity index (χ3v) is 7.31. The predicted octanol–water partition coefficient (Wildman–Crippen LogP) is 5.35. The van der Waals surface area contributed by atoms with Gasteiger partial charge in [-0.1, -0.05) is 24.3 Å². The zero-order chi connectivity index (χ0) is 24.0. The first-order valence-corrected chi connectivity index (χ1v) is 11.9. The summed E-state index contributed by atoms with van der Waals surface area (Å²) in [7, 11) is 1.98. The molecule has 5 rings (SSSR count). The van der Waals surface area contributed by atoms with Crippen LogP contribution >= 0.6 is 11.3 Å². The van der Waals surface area contributed by atoms with Gasteiger partial charge < -0.3 is 14.6 Å². The number of carbonyl (C=O) groups is 2. The number of rotatable bonds is 5. The Labute approximate surface area is 200 Å². The molecular formula is C27H23FN2O3S. The quantitative estimate of drug-likeness (QED) is 0.241. The molecule has 1 fully saturated rings. The molecule has 7 heteroatoms. The summed E-state index contributed by atoms with van der Waals surface area (Å²) < 4.78 is 15.8. The van der Waals surface area contributed by atoms with Gasteiger partial charge in [-0.2, -0.15) is 0 Å². The Morgan fingerprint density at radius 1 is 1.12 bits per heavy atom. The number of thiophene rings is 1. The zero-order valence-corrected chi connectivity index (χ0v) is 19.6. The summed E-state index contributed by atoms with van der Waals surface area (Å²) in [5.74, 6) is -2.05. The average molecular weight is 475 g/mol. The summed E-state index contributed by atoms with van der Waals surface area (Å²) >= 11 is 1.42.